The van der Waals surface area contributed by atoms with Crippen LogP contribution in [0.15, 0.2) is 47.5 Å². The molecule has 0 radical (unpaired) electrons. The van der Waals surface area contributed by atoms with Crippen LogP contribution in [0.4, 0.5) is 37.7 Å². The van der Waals surface area contributed by atoms with Crippen molar-refractivity contribution in [2.75, 3.05) is 23.3 Å². The summed E-state index contributed by atoms with van der Waals surface area (Å²) in [5, 5.41) is 5.83. The van der Waals surface area contributed by atoms with Gasteiger partial charge in [0.25, 0.3) is 5.91 Å². The highest BCUT2D eigenvalue weighted by molar-refractivity contribution is 6.31. The fraction of sp³-hybridized carbons (Fsp3) is 0.407. The number of benzene rings is 2. The number of alkyl halides is 6. The van der Waals surface area contributed by atoms with Crippen molar-refractivity contribution >= 4 is 46.4 Å². The lowest BCUT2D eigenvalue weighted by molar-refractivity contribution is -0.152. The Morgan fingerprint density at radius 1 is 1.05 bits per heavy atom. The standard InChI is InChI=1S/C27H26ClF6N5O3/c28-15-4-1-3-14(13-15)20-18-5-2-6-19-21(18)39(12-11-36-19)25(42)23(37-20)38-24(41)17(8-10-27(32,33)34)16(22(35)40)7-9-26(29,30)31/h1-6,13,16-17,23,36H,7-12H2,(H2,35,40)(H,38,41). The fourth-order valence-electron chi connectivity index (χ4n) is 5.10. The van der Waals surface area contributed by atoms with E-state index in [1.807, 2.05) is 0 Å². The van der Waals surface area contributed by atoms with Crippen LogP contribution in [-0.2, 0) is 14.4 Å². The van der Waals surface area contributed by atoms with Gasteiger partial charge in [-0.3, -0.25) is 14.4 Å². The Balaban J connectivity index is 1.75. The van der Waals surface area contributed by atoms with E-state index in [9.17, 15) is 40.7 Å². The van der Waals surface area contributed by atoms with Crippen molar-refractivity contribution in [2.24, 2.45) is 22.6 Å². The number of amides is 3. The summed E-state index contributed by atoms with van der Waals surface area (Å²) >= 11 is 6.19. The molecule has 2 heterocycles. The number of anilines is 2. The molecule has 8 nitrogen and oxygen atoms in total. The van der Waals surface area contributed by atoms with Gasteiger partial charge in [0.1, 0.15) is 0 Å². The molecule has 3 atom stereocenters. The second kappa shape index (κ2) is 12.2. The molecular weight excluding hydrogens is 592 g/mol. The third kappa shape index (κ3) is 7.33. The Hall–Kier alpha value is -3.81. The van der Waals surface area contributed by atoms with Crippen molar-refractivity contribution < 1.29 is 40.7 Å². The third-order valence-corrected chi connectivity index (χ3v) is 7.25. The van der Waals surface area contributed by atoms with Gasteiger partial charge < -0.3 is 21.3 Å². The zero-order valence-electron chi connectivity index (χ0n) is 21.9. The molecule has 4 N–H and O–H groups in total. The third-order valence-electron chi connectivity index (χ3n) is 7.01. The van der Waals surface area contributed by atoms with Crippen LogP contribution >= 0.6 is 11.6 Å². The molecule has 42 heavy (non-hydrogen) atoms. The molecule has 0 fully saturated rings. The van der Waals surface area contributed by atoms with Crippen molar-refractivity contribution in [2.45, 2.75) is 44.2 Å². The predicted molar refractivity (Wildman–Crippen MR) is 143 cm³/mol. The van der Waals surface area contributed by atoms with Crippen LogP contribution in [0.5, 0.6) is 0 Å². The number of aliphatic imine (C=N–C) groups is 1. The van der Waals surface area contributed by atoms with Crippen molar-refractivity contribution in [3.8, 4) is 0 Å². The molecule has 2 aliphatic heterocycles. The van der Waals surface area contributed by atoms with Gasteiger partial charge in [-0.2, -0.15) is 26.3 Å². The Labute approximate surface area is 241 Å². The van der Waals surface area contributed by atoms with Crippen molar-refractivity contribution in [3.05, 3.63) is 58.6 Å². The first kappa shape index (κ1) is 31.1. The van der Waals surface area contributed by atoms with Crippen LogP contribution in [0, 0.1) is 11.8 Å². The number of hydrogen-bond donors (Lipinski definition) is 3. The molecule has 2 aromatic rings. The lowest BCUT2D eigenvalue weighted by Gasteiger charge is -2.32. The molecule has 0 aromatic heterocycles. The molecule has 2 aliphatic rings. The topological polar surface area (TPSA) is 117 Å². The molecule has 226 valence electrons. The number of halogens is 7. The van der Waals surface area contributed by atoms with E-state index in [0.717, 1.165) is 0 Å². The number of carbonyl (C=O) groups is 3. The van der Waals surface area contributed by atoms with E-state index in [1.165, 1.54) is 4.90 Å². The quantitative estimate of drug-likeness (QED) is 0.351. The Bertz CT molecular complexity index is 1400. The summed E-state index contributed by atoms with van der Waals surface area (Å²) in [5.74, 6) is -7.13. The van der Waals surface area contributed by atoms with Gasteiger partial charge in [-0.05, 0) is 31.0 Å². The van der Waals surface area contributed by atoms with Crippen LogP contribution in [0.2, 0.25) is 5.02 Å². The monoisotopic (exact) mass is 617 g/mol. The van der Waals surface area contributed by atoms with Gasteiger partial charge in [-0.15, -0.1) is 0 Å². The minimum Gasteiger partial charge on any atom is -0.382 e. The number of primary amides is 1. The number of hydrogen-bond acceptors (Lipinski definition) is 5. The fourth-order valence-corrected chi connectivity index (χ4v) is 5.29. The van der Waals surface area contributed by atoms with E-state index in [-0.39, 0.29) is 12.3 Å². The molecule has 0 aliphatic carbocycles. The largest absolute Gasteiger partial charge is 0.389 e. The van der Waals surface area contributed by atoms with Gasteiger partial charge >= 0.3 is 12.4 Å². The molecule has 0 bridgehead atoms. The average molecular weight is 618 g/mol. The van der Waals surface area contributed by atoms with Gasteiger partial charge in [0.15, 0.2) is 0 Å². The second-order valence-corrected chi connectivity index (χ2v) is 10.4. The van der Waals surface area contributed by atoms with Crippen molar-refractivity contribution in [3.63, 3.8) is 0 Å². The van der Waals surface area contributed by atoms with Gasteiger partial charge in [0.2, 0.25) is 18.0 Å². The van der Waals surface area contributed by atoms with E-state index >= 15 is 0 Å². The highest BCUT2D eigenvalue weighted by Gasteiger charge is 2.42. The molecule has 3 amide bonds. The summed E-state index contributed by atoms with van der Waals surface area (Å²) in [6.45, 7) is 0.491. The summed E-state index contributed by atoms with van der Waals surface area (Å²) in [7, 11) is 0. The number of nitrogens with one attached hydrogen (secondary N) is 2. The average Bonchev–Trinajstić information content (AvgIpc) is 3.01. The number of para-hydroxylation sites is 1. The van der Waals surface area contributed by atoms with Crippen LogP contribution in [0.3, 0.4) is 0 Å². The van der Waals surface area contributed by atoms with Crippen molar-refractivity contribution in [1.82, 2.24) is 5.32 Å². The summed E-state index contributed by atoms with van der Waals surface area (Å²) in [4.78, 5) is 45.2. The van der Waals surface area contributed by atoms with Gasteiger partial charge in [0.05, 0.1) is 17.1 Å². The smallest absolute Gasteiger partial charge is 0.382 e. The molecule has 4 rings (SSSR count). The molecule has 0 saturated carbocycles. The molecular formula is C27H26ClF6N5O3. The minimum atomic E-state index is -4.78. The predicted octanol–water partition coefficient (Wildman–Crippen LogP) is 4.79. The number of nitrogens with zero attached hydrogens (tertiary/aromatic N) is 2. The molecule has 15 heteroatoms. The number of carbonyl (C=O) groups excluding carboxylic acids is 3. The van der Waals surface area contributed by atoms with E-state index in [1.54, 1.807) is 42.5 Å². The summed E-state index contributed by atoms with van der Waals surface area (Å²) in [6.07, 6.45) is -16.4. The summed E-state index contributed by atoms with van der Waals surface area (Å²) < 4.78 is 78.3. The SMILES string of the molecule is NC(=O)C(CCC(F)(F)F)C(CCC(F)(F)F)C(=O)NC1N=C(c2cccc(Cl)c2)c2cccc3c2N(CCN3)C1=O. The Morgan fingerprint density at radius 2 is 1.69 bits per heavy atom. The van der Waals surface area contributed by atoms with Gasteiger partial charge in [-0.25, -0.2) is 4.99 Å². The van der Waals surface area contributed by atoms with Crippen LogP contribution < -0.4 is 21.3 Å². The van der Waals surface area contributed by atoms with E-state index < -0.39 is 73.8 Å². The first-order valence-electron chi connectivity index (χ1n) is 12.9. The first-order valence-corrected chi connectivity index (χ1v) is 13.3. The zero-order chi connectivity index (χ0) is 30.8. The maximum atomic E-state index is 13.7. The lowest BCUT2D eigenvalue weighted by atomic mass is 9.83. The number of nitrogens with two attached hydrogens (primary N) is 1. The summed E-state index contributed by atoms with van der Waals surface area (Å²) in [6, 6.07) is 11.6. The van der Waals surface area contributed by atoms with E-state index in [0.29, 0.717) is 34.1 Å². The van der Waals surface area contributed by atoms with Crippen LogP contribution in [0.1, 0.15) is 36.8 Å². The molecule has 0 spiro atoms. The van der Waals surface area contributed by atoms with E-state index in [4.69, 9.17) is 17.3 Å². The van der Waals surface area contributed by atoms with Gasteiger partial charge in [-0.1, -0.05) is 35.9 Å². The number of rotatable bonds is 9. The van der Waals surface area contributed by atoms with Crippen LogP contribution in [-0.4, -0.2) is 55.0 Å². The Morgan fingerprint density at radius 3 is 2.31 bits per heavy atom. The van der Waals surface area contributed by atoms with Gasteiger partial charge in [0, 0.05) is 53.9 Å². The normalized spacial score (nSPS) is 18.3. The molecule has 2 aromatic carbocycles. The second-order valence-electron chi connectivity index (χ2n) is 9.94. The van der Waals surface area contributed by atoms with Crippen molar-refractivity contribution in [1.29, 1.82) is 0 Å². The summed E-state index contributed by atoms with van der Waals surface area (Å²) in [5.41, 5.74) is 7.52. The molecule has 3 unspecified atom stereocenters. The lowest BCUT2D eigenvalue weighted by Crippen LogP contribution is -2.52. The first-order chi connectivity index (χ1) is 19.6. The maximum Gasteiger partial charge on any atom is 0.389 e. The molecule has 0 saturated heterocycles. The Kier molecular flexibility index (Phi) is 9.04. The van der Waals surface area contributed by atoms with E-state index in [2.05, 4.69) is 15.6 Å². The highest BCUT2D eigenvalue weighted by Crippen LogP contribution is 2.38. The van der Waals surface area contributed by atoms with Crippen LogP contribution in [0.25, 0.3) is 0 Å². The minimum absolute atomic E-state index is 0.153. The zero-order valence-corrected chi connectivity index (χ0v) is 22.6. The highest BCUT2D eigenvalue weighted by atomic mass is 35.5. The maximum absolute atomic E-state index is 13.7.